The van der Waals surface area contributed by atoms with Crippen LogP contribution in [0.3, 0.4) is 0 Å². The Hall–Kier alpha value is -2.88. The number of ether oxygens (including phenoxy) is 1. The van der Waals surface area contributed by atoms with Gasteiger partial charge in [-0.1, -0.05) is 0 Å². The van der Waals surface area contributed by atoms with Gasteiger partial charge in [-0.15, -0.1) is 0 Å². The number of carbonyl (C=O) groups excluding carboxylic acids is 2. The number of anilines is 2. The Balaban J connectivity index is 1.57. The van der Waals surface area contributed by atoms with E-state index in [1.807, 2.05) is 4.90 Å². The number of carboxylic acids is 1. The molecule has 1 aromatic rings. The molecule has 0 aliphatic carbocycles. The number of amides is 3. The van der Waals surface area contributed by atoms with E-state index < -0.39 is 17.8 Å². The zero-order valence-electron chi connectivity index (χ0n) is 14.5. The van der Waals surface area contributed by atoms with Gasteiger partial charge in [0.15, 0.2) is 5.82 Å². The zero-order valence-corrected chi connectivity index (χ0v) is 14.5. The molecule has 3 heterocycles. The van der Waals surface area contributed by atoms with E-state index in [-0.39, 0.29) is 31.5 Å². The molecule has 0 radical (unpaired) electrons. The fourth-order valence-electron chi connectivity index (χ4n) is 3.79. The van der Waals surface area contributed by atoms with Gasteiger partial charge in [-0.2, -0.15) is 0 Å². The lowest BCUT2D eigenvalue weighted by atomic mass is 10.1. The molecule has 3 aliphatic heterocycles. The van der Waals surface area contributed by atoms with Gasteiger partial charge < -0.3 is 14.7 Å². The number of halogens is 1. The van der Waals surface area contributed by atoms with Crippen molar-refractivity contribution in [3.05, 3.63) is 17.9 Å². The predicted octanol–water partition coefficient (Wildman–Crippen LogP) is 0.240. The summed E-state index contributed by atoms with van der Waals surface area (Å²) in [7, 11) is 0. The smallest absolute Gasteiger partial charge is 0.328 e. The van der Waals surface area contributed by atoms with Crippen molar-refractivity contribution in [3.8, 4) is 5.75 Å². The van der Waals surface area contributed by atoms with Crippen LogP contribution >= 0.6 is 0 Å². The largest absolute Gasteiger partial charge is 0.489 e. The van der Waals surface area contributed by atoms with Crippen LogP contribution in [0.2, 0.25) is 0 Å². The van der Waals surface area contributed by atoms with Crippen molar-refractivity contribution in [2.45, 2.75) is 12.5 Å². The number of benzene rings is 1. The summed E-state index contributed by atoms with van der Waals surface area (Å²) in [6, 6.07) is 2.15. The summed E-state index contributed by atoms with van der Waals surface area (Å²) in [5, 5.41) is 11.2. The minimum atomic E-state index is -0.894. The third kappa shape index (κ3) is 3.27. The van der Waals surface area contributed by atoms with E-state index in [1.54, 1.807) is 11.0 Å². The molecule has 2 saturated heterocycles. The van der Waals surface area contributed by atoms with Gasteiger partial charge in [0.2, 0.25) is 5.91 Å². The standard InChI is InChI=1S/C17H19FN4O5/c18-12-5-10(22-2-1-14(23)19-17(22)26)6-13-16(12)21-4-3-20(8-15(24)25)7-11(21)9-27-13/h5-6,11H,1-4,7-9H2,(H,24,25)(H,19,23,26)/t11-/m0/s1. The second-order valence-corrected chi connectivity index (χ2v) is 6.82. The fraction of sp³-hybridized carbons (Fsp3) is 0.471. The number of imide groups is 1. The van der Waals surface area contributed by atoms with Crippen molar-refractivity contribution in [1.29, 1.82) is 0 Å². The number of fused-ring (bicyclic) bond motifs is 3. The summed E-state index contributed by atoms with van der Waals surface area (Å²) in [6.07, 6.45) is 0.152. The molecule has 0 saturated carbocycles. The molecular formula is C17H19FN4O5. The summed E-state index contributed by atoms with van der Waals surface area (Å²) in [5.41, 5.74) is 0.665. The van der Waals surface area contributed by atoms with Crippen molar-refractivity contribution in [3.63, 3.8) is 0 Å². The third-order valence-electron chi connectivity index (χ3n) is 5.02. The summed E-state index contributed by atoms with van der Waals surface area (Å²) in [4.78, 5) is 39.2. The second-order valence-electron chi connectivity index (χ2n) is 6.82. The molecule has 3 amide bonds. The van der Waals surface area contributed by atoms with Crippen LogP contribution < -0.4 is 19.9 Å². The number of piperazine rings is 1. The number of carbonyl (C=O) groups is 3. The minimum Gasteiger partial charge on any atom is -0.489 e. The van der Waals surface area contributed by atoms with E-state index in [0.717, 1.165) is 0 Å². The molecule has 0 spiro atoms. The Bertz CT molecular complexity index is 817. The third-order valence-corrected chi connectivity index (χ3v) is 5.02. The van der Waals surface area contributed by atoms with E-state index >= 15 is 0 Å². The highest BCUT2D eigenvalue weighted by Gasteiger charge is 2.36. The molecular weight excluding hydrogens is 359 g/mol. The number of hydrogen-bond donors (Lipinski definition) is 2. The number of hydrogen-bond acceptors (Lipinski definition) is 6. The maximum Gasteiger partial charge on any atom is 0.328 e. The van der Waals surface area contributed by atoms with Gasteiger partial charge in [0.05, 0.1) is 18.3 Å². The molecule has 0 unspecified atom stereocenters. The highest BCUT2D eigenvalue weighted by atomic mass is 19.1. The van der Waals surface area contributed by atoms with Gasteiger partial charge in [0, 0.05) is 44.7 Å². The number of aliphatic carboxylic acids is 1. The highest BCUT2D eigenvalue weighted by molar-refractivity contribution is 6.05. The molecule has 1 aromatic carbocycles. The molecule has 2 fully saturated rings. The molecule has 2 N–H and O–H groups in total. The van der Waals surface area contributed by atoms with Crippen molar-refractivity contribution < 1.29 is 28.6 Å². The van der Waals surface area contributed by atoms with Crippen molar-refractivity contribution >= 4 is 29.3 Å². The molecule has 27 heavy (non-hydrogen) atoms. The average molecular weight is 378 g/mol. The van der Waals surface area contributed by atoms with E-state index in [0.29, 0.717) is 43.4 Å². The highest BCUT2D eigenvalue weighted by Crippen LogP contribution is 2.40. The van der Waals surface area contributed by atoms with Gasteiger partial charge >= 0.3 is 12.0 Å². The first-order valence-corrected chi connectivity index (χ1v) is 8.71. The van der Waals surface area contributed by atoms with E-state index in [2.05, 4.69) is 5.32 Å². The summed E-state index contributed by atoms with van der Waals surface area (Å²) < 4.78 is 20.6. The van der Waals surface area contributed by atoms with Gasteiger partial charge in [0.25, 0.3) is 0 Å². The van der Waals surface area contributed by atoms with E-state index in [1.165, 1.54) is 11.0 Å². The Labute approximate surface area is 154 Å². The van der Waals surface area contributed by atoms with Crippen LogP contribution in [0.15, 0.2) is 12.1 Å². The monoisotopic (exact) mass is 378 g/mol. The first-order chi connectivity index (χ1) is 12.9. The normalized spacial score (nSPS) is 22.6. The van der Waals surface area contributed by atoms with Crippen LogP contribution in [0.25, 0.3) is 0 Å². The molecule has 9 nitrogen and oxygen atoms in total. The molecule has 4 rings (SSSR count). The minimum absolute atomic E-state index is 0.0542. The van der Waals surface area contributed by atoms with E-state index in [9.17, 15) is 18.8 Å². The zero-order chi connectivity index (χ0) is 19.1. The first kappa shape index (κ1) is 17.5. The number of nitrogens with one attached hydrogen (secondary N) is 1. The van der Waals surface area contributed by atoms with Crippen LogP contribution in [0.1, 0.15) is 6.42 Å². The Morgan fingerprint density at radius 2 is 2.11 bits per heavy atom. The van der Waals surface area contributed by atoms with Gasteiger partial charge in [-0.3, -0.25) is 24.7 Å². The molecule has 1 atom stereocenters. The van der Waals surface area contributed by atoms with Gasteiger partial charge in [0.1, 0.15) is 18.0 Å². The number of rotatable bonds is 3. The first-order valence-electron chi connectivity index (χ1n) is 8.71. The van der Waals surface area contributed by atoms with Crippen molar-refractivity contribution in [1.82, 2.24) is 10.2 Å². The average Bonchev–Trinajstić information content (AvgIpc) is 2.60. The van der Waals surface area contributed by atoms with Crippen LogP contribution in [0.4, 0.5) is 20.6 Å². The quantitative estimate of drug-likeness (QED) is 0.777. The van der Waals surface area contributed by atoms with E-state index in [4.69, 9.17) is 9.84 Å². The Morgan fingerprint density at radius 1 is 1.30 bits per heavy atom. The summed E-state index contributed by atoms with van der Waals surface area (Å²) >= 11 is 0. The molecule has 10 heteroatoms. The van der Waals surface area contributed by atoms with Crippen LogP contribution in [-0.2, 0) is 9.59 Å². The van der Waals surface area contributed by atoms with Crippen molar-refractivity contribution in [2.24, 2.45) is 0 Å². The summed E-state index contributed by atoms with van der Waals surface area (Å²) in [5.74, 6) is -1.41. The maximum absolute atomic E-state index is 14.9. The number of carboxylic acid groups (broad SMARTS) is 1. The van der Waals surface area contributed by atoms with Gasteiger partial charge in [-0.25, -0.2) is 9.18 Å². The lowest BCUT2D eigenvalue weighted by molar-refractivity contribution is -0.138. The SMILES string of the molecule is O=C(O)CN1CCN2c3c(F)cc(N4CCC(=O)NC4=O)cc3OC[C@@H]2C1. The van der Waals surface area contributed by atoms with Crippen LogP contribution in [-0.4, -0.2) is 73.3 Å². The summed E-state index contributed by atoms with van der Waals surface area (Å²) in [6.45, 7) is 1.91. The van der Waals surface area contributed by atoms with Crippen LogP contribution in [0, 0.1) is 5.82 Å². The Morgan fingerprint density at radius 3 is 2.85 bits per heavy atom. The lowest BCUT2D eigenvalue weighted by Crippen LogP contribution is -2.58. The molecule has 0 bridgehead atoms. The molecule has 3 aliphatic rings. The molecule has 144 valence electrons. The number of urea groups is 1. The van der Waals surface area contributed by atoms with Gasteiger partial charge in [-0.05, 0) is 0 Å². The fourth-order valence-corrected chi connectivity index (χ4v) is 3.79. The predicted molar refractivity (Wildman–Crippen MR) is 92.6 cm³/mol. The lowest BCUT2D eigenvalue weighted by Gasteiger charge is -2.45. The second kappa shape index (κ2) is 6.69. The van der Waals surface area contributed by atoms with Crippen LogP contribution in [0.5, 0.6) is 5.75 Å². The topological polar surface area (TPSA) is 102 Å². The maximum atomic E-state index is 14.9. The Kier molecular flexibility index (Phi) is 4.34. The number of nitrogens with zero attached hydrogens (tertiary/aromatic N) is 3. The molecule has 0 aromatic heterocycles. The van der Waals surface area contributed by atoms with Crippen molar-refractivity contribution in [2.75, 3.05) is 49.1 Å².